The number of aryl methyl sites for hydroxylation is 1. The topological polar surface area (TPSA) is 50.3 Å². The molecule has 0 radical (unpaired) electrons. The van der Waals surface area contributed by atoms with Crippen LogP contribution in [0.5, 0.6) is 5.88 Å². The molecule has 1 unspecified atom stereocenters. The molecule has 0 spiro atoms. The molecule has 0 saturated carbocycles. The molecule has 0 bridgehead atoms. The summed E-state index contributed by atoms with van der Waals surface area (Å²) in [6.45, 7) is 6.60. The van der Waals surface area contributed by atoms with Gasteiger partial charge < -0.3 is 15.0 Å². The lowest BCUT2D eigenvalue weighted by Crippen LogP contribution is -2.42. The second kappa shape index (κ2) is 6.70. The monoisotopic (exact) mass is 264 g/mol. The van der Waals surface area contributed by atoms with Crippen molar-refractivity contribution in [3.63, 3.8) is 0 Å². The first-order valence-corrected chi connectivity index (χ1v) is 7.12. The molecule has 106 valence electrons. The van der Waals surface area contributed by atoms with Gasteiger partial charge in [-0.1, -0.05) is 6.42 Å². The van der Waals surface area contributed by atoms with Gasteiger partial charge in [0, 0.05) is 25.7 Å². The minimum absolute atomic E-state index is 0.560. The van der Waals surface area contributed by atoms with Crippen LogP contribution in [0.3, 0.4) is 0 Å². The Labute approximate surface area is 115 Å². The van der Waals surface area contributed by atoms with Gasteiger partial charge in [-0.2, -0.15) is 4.98 Å². The van der Waals surface area contributed by atoms with E-state index in [1.165, 1.54) is 19.3 Å². The molecule has 0 aromatic carbocycles. The van der Waals surface area contributed by atoms with E-state index in [1.807, 2.05) is 19.9 Å². The molecule has 1 aliphatic rings. The van der Waals surface area contributed by atoms with Gasteiger partial charge >= 0.3 is 0 Å². The lowest BCUT2D eigenvalue weighted by atomic mass is 10.0. The summed E-state index contributed by atoms with van der Waals surface area (Å²) in [5, 5.41) is 3.56. The van der Waals surface area contributed by atoms with Gasteiger partial charge in [0.25, 0.3) is 0 Å². The van der Waals surface area contributed by atoms with Crippen LogP contribution in [-0.2, 0) is 0 Å². The Morgan fingerprint density at radius 2 is 2.26 bits per heavy atom. The molecule has 2 heterocycles. The third-order valence-electron chi connectivity index (χ3n) is 3.39. The van der Waals surface area contributed by atoms with E-state index in [9.17, 15) is 0 Å². The summed E-state index contributed by atoms with van der Waals surface area (Å²) in [6.07, 6.45) is 3.85. The van der Waals surface area contributed by atoms with E-state index in [4.69, 9.17) is 4.74 Å². The van der Waals surface area contributed by atoms with Gasteiger partial charge in [-0.05, 0) is 33.2 Å². The molecule has 1 aromatic rings. The van der Waals surface area contributed by atoms with Crippen LogP contribution >= 0.6 is 0 Å². The van der Waals surface area contributed by atoms with E-state index >= 15 is 0 Å². The van der Waals surface area contributed by atoms with Crippen LogP contribution in [0.15, 0.2) is 6.07 Å². The maximum Gasteiger partial charge on any atom is 0.218 e. The van der Waals surface area contributed by atoms with Crippen molar-refractivity contribution in [2.75, 3.05) is 31.6 Å². The minimum atomic E-state index is 0.560. The molecule has 1 saturated heterocycles. The number of nitrogens with one attached hydrogen (secondary N) is 1. The summed E-state index contributed by atoms with van der Waals surface area (Å²) in [4.78, 5) is 10.9. The van der Waals surface area contributed by atoms with E-state index in [0.29, 0.717) is 18.5 Å². The molecular formula is C14H24N4O. The van der Waals surface area contributed by atoms with Crippen LogP contribution in [0.2, 0.25) is 0 Å². The normalized spacial score (nSPS) is 19.2. The molecule has 0 amide bonds. The molecule has 1 fully saturated rings. The molecular weight excluding hydrogens is 240 g/mol. The average molecular weight is 264 g/mol. The Bertz CT molecular complexity index is 404. The quantitative estimate of drug-likeness (QED) is 0.878. The summed E-state index contributed by atoms with van der Waals surface area (Å²) in [5.41, 5.74) is 0. The van der Waals surface area contributed by atoms with Gasteiger partial charge in [-0.25, -0.2) is 4.98 Å². The van der Waals surface area contributed by atoms with Gasteiger partial charge in [0.1, 0.15) is 11.6 Å². The number of hydrogen-bond acceptors (Lipinski definition) is 5. The Morgan fingerprint density at radius 3 is 2.95 bits per heavy atom. The Morgan fingerprint density at radius 1 is 1.42 bits per heavy atom. The highest BCUT2D eigenvalue weighted by Gasteiger charge is 2.16. The number of rotatable bonds is 5. The van der Waals surface area contributed by atoms with Crippen LogP contribution in [-0.4, -0.2) is 42.8 Å². The Kier molecular flexibility index (Phi) is 4.96. The van der Waals surface area contributed by atoms with Crippen molar-refractivity contribution in [2.24, 2.45) is 0 Å². The van der Waals surface area contributed by atoms with Gasteiger partial charge in [0.15, 0.2) is 0 Å². The van der Waals surface area contributed by atoms with E-state index in [0.717, 1.165) is 24.7 Å². The zero-order valence-corrected chi connectivity index (χ0v) is 12.1. The van der Waals surface area contributed by atoms with E-state index < -0.39 is 0 Å². The predicted molar refractivity (Wildman–Crippen MR) is 76.8 cm³/mol. The third kappa shape index (κ3) is 4.06. The number of hydrogen-bond donors (Lipinski definition) is 1. The van der Waals surface area contributed by atoms with Crippen molar-refractivity contribution in [1.29, 1.82) is 0 Å². The summed E-state index contributed by atoms with van der Waals surface area (Å²) in [5.74, 6) is 2.35. The first kappa shape index (κ1) is 14.1. The molecule has 5 nitrogen and oxygen atoms in total. The maximum absolute atomic E-state index is 5.47. The van der Waals surface area contributed by atoms with Crippen LogP contribution in [0.1, 0.15) is 32.0 Å². The number of likely N-dealkylation sites (N-methyl/N-ethyl adjacent to an activating group) is 1. The molecule has 1 atom stereocenters. The number of aromatic nitrogens is 2. The number of nitrogens with zero attached hydrogens (tertiary/aromatic N) is 3. The SMILES string of the molecule is CCOc1cc(N(C)CC2CCCCN2)nc(C)n1. The van der Waals surface area contributed by atoms with Crippen LogP contribution in [0.4, 0.5) is 5.82 Å². The summed E-state index contributed by atoms with van der Waals surface area (Å²) in [7, 11) is 2.08. The van der Waals surface area contributed by atoms with Crippen molar-refractivity contribution in [3.8, 4) is 5.88 Å². The predicted octanol–water partition coefficient (Wildman–Crippen LogP) is 1.76. The van der Waals surface area contributed by atoms with Crippen molar-refractivity contribution in [1.82, 2.24) is 15.3 Å². The molecule has 1 aliphatic heterocycles. The molecule has 19 heavy (non-hydrogen) atoms. The summed E-state index contributed by atoms with van der Waals surface area (Å²) < 4.78 is 5.47. The largest absolute Gasteiger partial charge is 0.478 e. The smallest absolute Gasteiger partial charge is 0.218 e. The first-order valence-electron chi connectivity index (χ1n) is 7.12. The Hall–Kier alpha value is -1.36. The molecule has 0 aliphatic carbocycles. The second-order valence-electron chi connectivity index (χ2n) is 5.07. The van der Waals surface area contributed by atoms with Gasteiger partial charge in [-0.3, -0.25) is 0 Å². The fraction of sp³-hybridized carbons (Fsp3) is 0.714. The van der Waals surface area contributed by atoms with Crippen LogP contribution in [0, 0.1) is 6.92 Å². The second-order valence-corrected chi connectivity index (χ2v) is 5.07. The highest BCUT2D eigenvalue weighted by molar-refractivity contribution is 5.41. The van der Waals surface area contributed by atoms with E-state index in [2.05, 4.69) is 27.2 Å². The average Bonchev–Trinajstić information content (AvgIpc) is 2.39. The molecule has 1 aromatic heterocycles. The lowest BCUT2D eigenvalue weighted by molar-refractivity contribution is 0.325. The number of anilines is 1. The summed E-state index contributed by atoms with van der Waals surface area (Å²) in [6, 6.07) is 2.48. The highest BCUT2D eigenvalue weighted by Crippen LogP contribution is 2.18. The van der Waals surface area contributed by atoms with Gasteiger partial charge in [0.2, 0.25) is 5.88 Å². The van der Waals surface area contributed by atoms with Crippen molar-refractivity contribution in [3.05, 3.63) is 11.9 Å². The van der Waals surface area contributed by atoms with Crippen molar-refractivity contribution < 1.29 is 4.74 Å². The first-order chi connectivity index (χ1) is 9.19. The van der Waals surface area contributed by atoms with Crippen molar-refractivity contribution in [2.45, 2.75) is 39.2 Å². The van der Waals surface area contributed by atoms with E-state index in [1.54, 1.807) is 0 Å². The molecule has 1 N–H and O–H groups in total. The summed E-state index contributed by atoms with van der Waals surface area (Å²) >= 11 is 0. The van der Waals surface area contributed by atoms with Crippen molar-refractivity contribution >= 4 is 5.82 Å². The zero-order valence-electron chi connectivity index (χ0n) is 12.1. The minimum Gasteiger partial charge on any atom is -0.478 e. The van der Waals surface area contributed by atoms with Crippen LogP contribution in [0.25, 0.3) is 0 Å². The maximum atomic E-state index is 5.47. The van der Waals surface area contributed by atoms with E-state index in [-0.39, 0.29) is 0 Å². The fourth-order valence-electron chi connectivity index (χ4n) is 2.45. The molecule has 5 heteroatoms. The number of ether oxygens (including phenoxy) is 1. The standard InChI is InChI=1S/C14H24N4O/c1-4-19-14-9-13(16-11(2)17-14)18(3)10-12-7-5-6-8-15-12/h9,12,15H,4-8,10H2,1-3H3. The van der Waals surface area contributed by atoms with Gasteiger partial charge in [-0.15, -0.1) is 0 Å². The highest BCUT2D eigenvalue weighted by atomic mass is 16.5. The zero-order chi connectivity index (χ0) is 13.7. The Balaban J connectivity index is 2.02. The van der Waals surface area contributed by atoms with Gasteiger partial charge in [0.05, 0.1) is 6.61 Å². The molecule has 2 rings (SSSR count). The van der Waals surface area contributed by atoms with Crippen LogP contribution < -0.4 is 15.0 Å². The lowest BCUT2D eigenvalue weighted by Gasteiger charge is -2.29. The fourth-order valence-corrected chi connectivity index (χ4v) is 2.45. The number of piperidine rings is 1. The third-order valence-corrected chi connectivity index (χ3v) is 3.39.